The van der Waals surface area contributed by atoms with Crippen LogP contribution in [-0.2, 0) is 9.53 Å². The van der Waals surface area contributed by atoms with E-state index in [2.05, 4.69) is 5.32 Å². The predicted octanol–water partition coefficient (Wildman–Crippen LogP) is 2.05. The summed E-state index contributed by atoms with van der Waals surface area (Å²) in [6.07, 6.45) is 1.99. The lowest BCUT2D eigenvalue weighted by molar-refractivity contribution is -0.133. The molecule has 2 fully saturated rings. The molecular formula is C18H24ClFN2O3. The van der Waals surface area contributed by atoms with Gasteiger partial charge in [0.15, 0.2) is 5.78 Å². The van der Waals surface area contributed by atoms with Gasteiger partial charge < -0.3 is 15.0 Å². The molecule has 0 radical (unpaired) electrons. The van der Waals surface area contributed by atoms with Gasteiger partial charge in [-0.1, -0.05) is 0 Å². The third-order valence-corrected chi connectivity index (χ3v) is 4.69. The van der Waals surface area contributed by atoms with Gasteiger partial charge in [0, 0.05) is 43.6 Å². The number of rotatable bonds is 4. The first-order valence-corrected chi connectivity index (χ1v) is 8.52. The van der Waals surface area contributed by atoms with E-state index in [0.717, 1.165) is 19.4 Å². The summed E-state index contributed by atoms with van der Waals surface area (Å²) in [7, 11) is 0. The van der Waals surface area contributed by atoms with Crippen LogP contribution in [0.5, 0.6) is 0 Å². The molecule has 0 spiro atoms. The van der Waals surface area contributed by atoms with E-state index in [0.29, 0.717) is 38.3 Å². The van der Waals surface area contributed by atoms with E-state index >= 15 is 0 Å². The second kappa shape index (κ2) is 9.27. The van der Waals surface area contributed by atoms with Crippen LogP contribution in [-0.4, -0.2) is 55.5 Å². The number of carbonyl (C=O) groups excluding carboxylic acids is 2. The number of piperidine rings is 1. The van der Waals surface area contributed by atoms with Crippen molar-refractivity contribution >= 4 is 24.1 Å². The molecule has 2 aliphatic heterocycles. The van der Waals surface area contributed by atoms with Crippen molar-refractivity contribution in [3.8, 4) is 0 Å². The first-order chi connectivity index (χ1) is 11.6. The Bertz CT molecular complexity index is 590. The maximum atomic E-state index is 13.0. The topological polar surface area (TPSA) is 58.6 Å². The Morgan fingerprint density at radius 3 is 2.72 bits per heavy atom. The molecule has 25 heavy (non-hydrogen) atoms. The second-order valence-electron chi connectivity index (χ2n) is 6.48. The Hall–Kier alpha value is -1.50. The summed E-state index contributed by atoms with van der Waals surface area (Å²) in [6, 6.07) is 5.68. The minimum absolute atomic E-state index is 0. The summed E-state index contributed by atoms with van der Waals surface area (Å²) in [6.45, 7) is 3.14. The van der Waals surface area contributed by atoms with Crippen molar-refractivity contribution in [1.82, 2.24) is 10.2 Å². The molecule has 0 aromatic heterocycles. The van der Waals surface area contributed by atoms with Crippen molar-refractivity contribution in [2.45, 2.75) is 25.3 Å². The molecule has 1 aromatic rings. The Balaban J connectivity index is 0.00000225. The van der Waals surface area contributed by atoms with E-state index in [9.17, 15) is 14.0 Å². The maximum Gasteiger partial charge on any atom is 0.224 e. The standard InChI is InChI=1S/C18H23FN2O3.ClH/c19-15-5-3-13(4-6-15)18(23)14-2-1-8-21(11-14)17(22)10-16-12-24-9-7-20-16;/h3-6,14,16,20H,1-2,7-12H2;1H. The van der Waals surface area contributed by atoms with Crippen LogP contribution in [0.15, 0.2) is 24.3 Å². The number of hydrogen-bond acceptors (Lipinski definition) is 4. The molecular weight excluding hydrogens is 347 g/mol. The Kier molecular flexibility index (Phi) is 7.35. The molecule has 2 aliphatic rings. The number of likely N-dealkylation sites (tertiary alicyclic amines) is 1. The zero-order valence-electron chi connectivity index (χ0n) is 14.1. The van der Waals surface area contributed by atoms with Crippen LogP contribution in [0, 0.1) is 11.7 Å². The molecule has 1 aromatic carbocycles. The lowest BCUT2D eigenvalue weighted by Gasteiger charge is -2.33. The van der Waals surface area contributed by atoms with Gasteiger partial charge in [-0.3, -0.25) is 9.59 Å². The molecule has 2 heterocycles. The molecule has 0 saturated carbocycles. The lowest BCUT2D eigenvalue weighted by atomic mass is 9.89. The Morgan fingerprint density at radius 2 is 2.04 bits per heavy atom. The minimum Gasteiger partial charge on any atom is -0.378 e. The lowest BCUT2D eigenvalue weighted by Crippen LogP contribution is -2.47. The smallest absolute Gasteiger partial charge is 0.224 e. The molecule has 1 amide bonds. The average Bonchev–Trinajstić information content (AvgIpc) is 2.63. The quantitative estimate of drug-likeness (QED) is 0.824. The van der Waals surface area contributed by atoms with Gasteiger partial charge >= 0.3 is 0 Å². The molecule has 7 heteroatoms. The second-order valence-corrected chi connectivity index (χ2v) is 6.48. The Labute approximate surface area is 153 Å². The molecule has 0 aliphatic carbocycles. The first-order valence-electron chi connectivity index (χ1n) is 8.52. The van der Waals surface area contributed by atoms with Gasteiger partial charge in [0.05, 0.1) is 13.2 Å². The van der Waals surface area contributed by atoms with Crippen LogP contribution in [0.25, 0.3) is 0 Å². The van der Waals surface area contributed by atoms with Crippen molar-refractivity contribution in [3.05, 3.63) is 35.6 Å². The fraction of sp³-hybridized carbons (Fsp3) is 0.556. The minimum atomic E-state index is -0.353. The third kappa shape index (κ3) is 5.23. The van der Waals surface area contributed by atoms with Gasteiger partial charge in [-0.2, -0.15) is 0 Å². The summed E-state index contributed by atoms with van der Waals surface area (Å²) < 4.78 is 18.4. The summed E-state index contributed by atoms with van der Waals surface area (Å²) >= 11 is 0. The van der Waals surface area contributed by atoms with Gasteiger partial charge in [0.2, 0.25) is 5.91 Å². The fourth-order valence-electron chi connectivity index (χ4n) is 3.36. The van der Waals surface area contributed by atoms with Crippen molar-refractivity contribution in [3.63, 3.8) is 0 Å². The summed E-state index contributed by atoms with van der Waals surface area (Å²) in [5.41, 5.74) is 0.512. The number of carbonyl (C=O) groups is 2. The highest BCUT2D eigenvalue weighted by atomic mass is 35.5. The molecule has 5 nitrogen and oxygen atoms in total. The number of Topliss-reactive ketones (excluding diaryl/α,β-unsaturated/α-hetero) is 1. The van der Waals surface area contributed by atoms with E-state index in [1.165, 1.54) is 24.3 Å². The van der Waals surface area contributed by atoms with Crippen LogP contribution in [0.1, 0.15) is 29.6 Å². The zero-order valence-corrected chi connectivity index (χ0v) is 14.9. The number of halogens is 2. The van der Waals surface area contributed by atoms with Crippen molar-refractivity contribution in [1.29, 1.82) is 0 Å². The highest BCUT2D eigenvalue weighted by molar-refractivity contribution is 5.98. The number of nitrogens with zero attached hydrogens (tertiary/aromatic N) is 1. The number of ether oxygens (including phenoxy) is 1. The number of morpholine rings is 1. The molecule has 2 saturated heterocycles. The van der Waals surface area contributed by atoms with Crippen LogP contribution >= 0.6 is 12.4 Å². The largest absolute Gasteiger partial charge is 0.378 e. The number of hydrogen-bond donors (Lipinski definition) is 1. The molecule has 3 rings (SSSR count). The van der Waals surface area contributed by atoms with Crippen LogP contribution in [0.4, 0.5) is 4.39 Å². The molecule has 2 unspecified atom stereocenters. The molecule has 138 valence electrons. The summed E-state index contributed by atoms with van der Waals surface area (Å²) in [4.78, 5) is 26.8. The van der Waals surface area contributed by atoms with Gasteiger partial charge in [-0.25, -0.2) is 4.39 Å². The maximum absolute atomic E-state index is 13.0. The summed E-state index contributed by atoms with van der Waals surface area (Å²) in [5.74, 6) is -0.501. The van der Waals surface area contributed by atoms with E-state index < -0.39 is 0 Å². The van der Waals surface area contributed by atoms with Gasteiger partial charge in [0.25, 0.3) is 0 Å². The fourth-order valence-corrected chi connectivity index (χ4v) is 3.36. The zero-order chi connectivity index (χ0) is 16.9. The van der Waals surface area contributed by atoms with E-state index in [1.54, 1.807) is 4.90 Å². The van der Waals surface area contributed by atoms with Gasteiger partial charge in [0.1, 0.15) is 5.82 Å². The molecule has 2 atom stereocenters. The van der Waals surface area contributed by atoms with Gasteiger partial charge in [-0.15, -0.1) is 12.4 Å². The normalized spacial score (nSPS) is 23.6. The monoisotopic (exact) mass is 370 g/mol. The number of amides is 1. The van der Waals surface area contributed by atoms with Crippen molar-refractivity contribution in [2.75, 3.05) is 32.8 Å². The SMILES string of the molecule is Cl.O=C(c1ccc(F)cc1)C1CCCN(C(=O)CC2COCCN2)C1. The summed E-state index contributed by atoms with van der Waals surface area (Å²) in [5, 5.41) is 3.28. The number of ketones is 1. The first kappa shape index (κ1) is 19.8. The van der Waals surface area contributed by atoms with Crippen molar-refractivity contribution in [2.24, 2.45) is 5.92 Å². The predicted molar refractivity (Wildman–Crippen MR) is 94.5 cm³/mol. The van der Waals surface area contributed by atoms with E-state index in [1.807, 2.05) is 0 Å². The highest BCUT2D eigenvalue weighted by Crippen LogP contribution is 2.22. The van der Waals surface area contributed by atoms with E-state index in [4.69, 9.17) is 4.74 Å². The highest BCUT2D eigenvalue weighted by Gasteiger charge is 2.30. The number of benzene rings is 1. The Morgan fingerprint density at radius 1 is 1.28 bits per heavy atom. The molecule has 1 N–H and O–H groups in total. The average molecular weight is 371 g/mol. The van der Waals surface area contributed by atoms with Crippen molar-refractivity contribution < 1.29 is 18.7 Å². The van der Waals surface area contributed by atoms with Crippen LogP contribution < -0.4 is 5.32 Å². The van der Waals surface area contributed by atoms with Crippen LogP contribution in [0.3, 0.4) is 0 Å². The number of nitrogens with one attached hydrogen (secondary N) is 1. The van der Waals surface area contributed by atoms with Gasteiger partial charge in [-0.05, 0) is 37.1 Å². The third-order valence-electron chi connectivity index (χ3n) is 4.69. The molecule has 0 bridgehead atoms. The van der Waals surface area contributed by atoms with E-state index in [-0.39, 0.29) is 41.9 Å². The van der Waals surface area contributed by atoms with Crippen LogP contribution in [0.2, 0.25) is 0 Å².